The predicted molar refractivity (Wildman–Crippen MR) is 84.5 cm³/mol. The van der Waals surface area contributed by atoms with E-state index in [1.165, 1.54) is 6.07 Å². The minimum atomic E-state index is -0.181. The highest BCUT2D eigenvalue weighted by atomic mass is 19.1. The molecule has 3 nitrogen and oxygen atoms in total. The van der Waals surface area contributed by atoms with Gasteiger partial charge in [0.05, 0.1) is 13.2 Å². The molecule has 0 saturated carbocycles. The highest BCUT2D eigenvalue weighted by molar-refractivity contribution is 5.48. The molecule has 0 saturated heterocycles. The van der Waals surface area contributed by atoms with Crippen LogP contribution in [0.25, 0.3) is 0 Å². The number of rotatable bonds is 6. The Kier molecular flexibility index (Phi) is 5.17. The normalized spacial score (nSPS) is 12.0. The van der Waals surface area contributed by atoms with Crippen LogP contribution in [0.1, 0.15) is 11.6 Å². The Morgan fingerprint density at radius 3 is 2.38 bits per heavy atom. The van der Waals surface area contributed by atoms with E-state index in [0.29, 0.717) is 12.1 Å². The van der Waals surface area contributed by atoms with Crippen molar-refractivity contribution in [2.45, 2.75) is 6.04 Å². The largest absolute Gasteiger partial charge is 0.497 e. The molecule has 2 aromatic carbocycles. The Balaban J connectivity index is 2.12. The molecule has 0 aliphatic heterocycles. The first kappa shape index (κ1) is 15.3. The van der Waals surface area contributed by atoms with Crippen molar-refractivity contribution in [1.29, 1.82) is 0 Å². The van der Waals surface area contributed by atoms with Gasteiger partial charge in [-0.05, 0) is 37.4 Å². The van der Waals surface area contributed by atoms with E-state index in [1.54, 1.807) is 13.2 Å². The van der Waals surface area contributed by atoms with E-state index in [0.717, 1.165) is 11.4 Å². The minimum absolute atomic E-state index is 0.0710. The summed E-state index contributed by atoms with van der Waals surface area (Å²) in [6.45, 7) is 0.670. The van der Waals surface area contributed by atoms with Gasteiger partial charge in [0.25, 0.3) is 0 Å². The summed E-state index contributed by atoms with van der Waals surface area (Å²) in [5.74, 6) is 0.645. The Bertz CT molecular complexity index is 571. The molecule has 1 unspecified atom stereocenters. The van der Waals surface area contributed by atoms with Gasteiger partial charge in [0.1, 0.15) is 11.6 Å². The van der Waals surface area contributed by atoms with Crippen LogP contribution in [0.5, 0.6) is 5.75 Å². The summed E-state index contributed by atoms with van der Waals surface area (Å²) in [5, 5.41) is 3.18. The predicted octanol–water partition coefficient (Wildman–Crippen LogP) is 3.23. The number of benzene rings is 2. The number of hydrogen-bond donors (Lipinski definition) is 1. The van der Waals surface area contributed by atoms with Crippen LogP contribution >= 0.6 is 0 Å². The lowest BCUT2D eigenvalue weighted by atomic mass is 10.1. The van der Waals surface area contributed by atoms with Crippen molar-refractivity contribution in [1.82, 2.24) is 5.32 Å². The fourth-order valence-electron chi connectivity index (χ4n) is 2.32. The zero-order valence-corrected chi connectivity index (χ0v) is 12.6. The fourth-order valence-corrected chi connectivity index (χ4v) is 2.32. The van der Waals surface area contributed by atoms with E-state index in [1.807, 2.05) is 50.5 Å². The van der Waals surface area contributed by atoms with Crippen molar-refractivity contribution in [3.05, 3.63) is 59.9 Å². The second-order valence-electron chi connectivity index (χ2n) is 4.94. The van der Waals surface area contributed by atoms with Gasteiger partial charge in [-0.25, -0.2) is 4.39 Å². The van der Waals surface area contributed by atoms with Gasteiger partial charge in [-0.3, -0.25) is 0 Å². The second kappa shape index (κ2) is 7.09. The summed E-state index contributed by atoms with van der Waals surface area (Å²) in [5.41, 5.74) is 1.74. The van der Waals surface area contributed by atoms with Crippen LogP contribution < -0.4 is 15.0 Å². The van der Waals surface area contributed by atoms with Gasteiger partial charge >= 0.3 is 0 Å². The molecule has 21 heavy (non-hydrogen) atoms. The van der Waals surface area contributed by atoms with Gasteiger partial charge in [-0.2, -0.15) is 0 Å². The highest BCUT2D eigenvalue weighted by Crippen LogP contribution is 2.22. The van der Waals surface area contributed by atoms with Crippen molar-refractivity contribution >= 4 is 5.69 Å². The molecule has 0 heterocycles. The number of methoxy groups -OCH3 is 1. The molecule has 0 amide bonds. The van der Waals surface area contributed by atoms with Crippen molar-refractivity contribution in [2.75, 3.05) is 32.6 Å². The van der Waals surface area contributed by atoms with E-state index < -0.39 is 0 Å². The molecule has 112 valence electrons. The standard InChI is InChI=1S/C17H21FN2O/c1-19-17(15-6-4-5-7-16(15)18)12-20(2)13-8-10-14(21-3)11-9-13/h4-11,17,19H,12H2,1-3H3. The Labute approximate surface area is 125 Å². The van der Waals surface area contributed by atoms with E-state index in [-0.39, 0.29) is 11.9 Å². The number of likely N-dealkylation sites (N-methyl/N-ethyl adjacent to an activating group) is 2. The molecule has 0 aromatic heterocycles. The molecule has 2 rings (SSSR count). The minimum Gasteiger partial charge on any atom is -0.497 e. The summed E-state index contributed by atoms with van der Waals surface area (Å²) in [6.07, 6.45) is 0. The summed E-state index contributed by atoms with van der Waals surface area (Å²) in [7, 11) is 5.49. The lowest BCUT2D eigenvalue weighted by molar-refractivity contribution is 0.415. The molecule has 0 aliphatic rings. The number of nitrogens with zero attached hydrogens (tertiary/aromatic N) is 1. The third-order valence-corrected chi connectivity index (χ3v) is 3.60. The summed E-state index contributed by atoms with van der Waals surface area (Å²) >= 11 is 0. The third-order valence-electron chi connectivity index (χ3n) is 3.60. The number of hydrogen-bond acceptors (Lipinski definition) is 3. The maximum absolute atomic E-state index is 13.9. The lowest BCUT2D eigenvalue weighted by Crippen LogP contribution is -2.31. The molecule has 1 atom stereocenters. The van der Waals surface area contributed by atoms with Gasteiger partial charge in [0.15, 0.2) is 0 Å². The number of anilines is 1. The molecule has 2 aromatic rings. The number of halogens is 1. The van der Waals surface area contributed by atoms with E-state index in [4.69, 9.17) is 4.74 Å². The Hall–Kier alpha value is -2.07. The molecular weight excluding hydrogens is 267 g/mol. The molecular formula is C17H21FN2O. The Morgan fingerprint density at radius 2 is 1.81 bits per heavy atom. The molecule has 1 N–H and O–H groups in total. The summed E-state index contributed by atoms with van der Waals surface area (Å²) in [6, 6.07) is 14.6. The first-order chi connectivity index (χ1) is 10.2. The molecule has 0 fully saturated rings. The van der Waals surface area contributed by atoms with Crippen LogP contribution in [0, 0.1) is 5.82 Å². The monoisotopic (exact) mass is 288 g/mol. The summed E-state index contributed by atoms with van der Waals surface area (Å²) < 4.78 is 19.1. The first-order valence-electron chi connectivity index (χ1n) is 6.92. The highest BCUT2D eigenvalue weighted by Gasteiger charge is 2.15. The number of nitrogens with one attached hydrogen (secondary N) is 1. The van der Waals surface area contributed by atoms with E-state index >= 15 is 0 Å². The molecule has 4 heteroatoms. The van der Waals surface area contributed by atoms with Crippen molar-refractivity contribution in [2.24, 2.45) is 0 Å². The van der Waals surface area contributed by atoms with Gasteiger partial charge in [-0.1, -0.05) is 18.2 Å². The van der Waals surface area contributed by atoms with Gasteiger partial charge in [0, 0.05) is 24.8 Å². The molecule has 0 radical (unpaired) electrons. The van der Waals surface area contributed by atoms with E-state index in [2.05, 4.69) is 10.2 Å². The zero-order chi connectivity index (χ0) is 15.2. The zero-order valence-electron chi connectivity index (χ0n) is 12.6. The fraction of sp³-hybridized carbons (Fsp3) is 0.294. The first-order valence-corrected chi connectivity index (χ1v) is 6.92. The smallest absolute Gasteiger partial charge is 0.128 e. The number of ether oxygens (including phenoxy) is 1. The van der Waals surface area contributed by atoms with Gasteiger partial charge < -0.3 is 15.0 Å². The van der Waals surface area contributed by atoms with Gasteiger partial charge in [-0.15, -0.1) is 0 Å². The van der Waals surface area contributed by atoms with Gasteiger partial charge in [0.2, 0.25) is 0 Å². The Morgan fingerprint density at radius 1 is 1.14 bits per heavy atom. The van der Waals surface area contributed by atoms with Crippen molar-refractivity contribution in [3.63, 3.8) is 0 Å². The molecule has 0 bridgehead atoms. The van der Waals surface area contributed by atoms with Crippen molar-refractivity contribution in [3.8, 4) is 5.75 Å². The topological polar surface area (TPSA) is 24.5 Å². The summed E-state index contributed by atoms with van der Waals surface area (Å²) in [4.78, 5) is 2.09. The third kappa shape index (κ3) is 3.73. The van der Waals surface area contributed by atoms with Crippen molar-refractivity contribution < 1.29 is 9.13 Å². The second-order valence-corrected chi connectivity index (χ2v) is 4.94. The van der Waals surface area contributed by atoms with Crippen LogP contribution in [-0.2, 0) is 0 Å². The van der Waals surface area contributed by atoms with Crippen LogP contribution in [0.2, 0.25) is 0 Å². The average Bonchev–Trinajstić information content (AvgIpc) is 2.53. The van der Waals surface area contributed by atoms with E-state index in [9.17, 15) is 4.39 Å². The lowest BCUT2D eigenvalue weighted by Gasteiger charge is -2.26. The quantitative estimate of drug-likeness (QED) is 0.883. The molecule has 0 aliphatic carbocycles. The van der Waals surface area contributed by atoms with Crippen LogP contribution in [-0.4, -0.2) is 27.7 Å². The van der Waals surface area contributed by atoms with Crippen LogP contribution in [0.4, 0.5) is 10.1 Å². The SMILES string of the molecule is CNC(CN(C)c1ccc(OC)cc1)c1ccccc1F. The van der Waals surface area contributed by atoms with Crippen LogP contribution in [0.15, 0.2) is 48.5 Å². The maximum atomic E-state index is 13.9. The molecule has 0 spiro atoms. The maximum Gasteiger partial charge on any atom is 0.128 e. The average molecular weight is 288 g/mol. The van der Waals surface area contributed by atoms with Crippen LogP contribution in [0.3, 0.4) is 0 Å².